The molecule has 52 heavy (non-hydrogen) atoms. The molecule has 0 aliphatic carbocycles. The smallest absolute Gasteiger partial charge is 0.328 e. The van der Waals surface area contributed by atoms with Gasteiger partial charge in [0, 0.05) is 30.8 Å². The molecule has 276 valence electrons. The molecule has 0 saturated carbocycles. The van der Waals surface area contributed by atoms with Crippen molar-refractivity contribution < 1.29 is 57.1 Å². The average Bonchev–Trinajstić information content (AvgIpc) is 3.50. The number of carboxylic acids is 4. The normalized spacial score (nSPS) is 13.6. The van der Waals surface area contributed by atoms with Gasteiger partial charge < -0.3 is 30.1 Å². The fraction of sp³-hybridized carbons (Fsp3) is 0.265. The number of likely N-dealkylation sites (tertiary alicyclic amines) is 1. The fourth-order valence-electron chi connectivity index (χ4n) is 4.95. The maximum absolute atomic E-state index is 13.7. The van der Waals surface area contributed by atoms with Crippen LogP contribution in [0.3, 0.4) is 0 Å². The van der Waals surface area contributed by atoms with Gasteiger partial charge in [-0.25, -0.2) is 46.9 Å². The van der Waals surface area contributed by atoms with Gasteiger partial charge in [-0.1, -0.05) is 24.3 Å². The summed E-state index contributed by atoms with van der Waals surface area (Å²) < 4.78 is 47.7. The second-order valence-corrected chi connectivity index (χ2v) is 13.2. The van der Waals surface area contributed by atoms with Crippen LogP contribution in [0, 0.1) is 5.82 Å². The quantitative estimate of drug-likeness (QED) is 0.153. The van der Waals surface area contributed by atoms with Gasteiger partial charge in [-0.3, -0.25) is 4.57 Å². The minimum atomic E-state index is -3.71. The summed E-state index contributed by atoms with van der Waals surface area (Å²) >= 11 is 0. The third-order valence-corrected chi connectivity index (χ3v) is 9.64. The molecular formula is C34H36FN5O11S. The molecule has 0 unspecified atom stereocenters. The highest BCUT2D eigenvalue weighted by Crippen LogP contribution is 2.27. The molecule has 2 aromatic carbocycles. The van der Waals surface area contributed by atoms with Crippen molar-refractivity contribution in [2.24, 2.45) is 0 Å². The van der Waals surface area contributed by atoms with Crippen LogP contribution in [0.5, 0.6) is 5.75 Å². The zero-order valence-electron chi connectivity index (χ0n) is 27.8. The van der Waals surface area contributed by atoms with Crippen molar-refractivity contribution >= 4 is 44.9 Å². The van der Waals surface area contributed by atoms with Crippen LogP contribution in [-0.4, -0.2) is 109 Å². The first-order valence-corrected chi connectivity index (χ1v) is 17.0. The van der Waals surface area contributed by atoms with Crippen LogP contribution in [0.4, 0.5) is 4.39 Å². The Balaban J connectivity index is 0.000000380. The molecule has 1 saturated heterocycles. The number of fused-ring (bicyclic) bond motifs is 1. The molecule has 4 aromatic rings. The maximum atomic E-state index is 13.7. The number of nitrogens with zero attached hydrogens (tertiary/aromatic N) is 5. The van der Waals surface area contributed by atoms with E-state index >= 15 is 0 Å². The average molecular weight is 742 g/mol. The highest BCUT2D eigenvalue weighted by Gasteiger charge is 2.35. The molecule has 1 aliphatic heterocycles. The van der Waals surface area contributed by atoms with Gasteiger partial charge in [-0.05, 0) is 67.7 Å². The van der Waals surface area contributed by atoms with Gasteiger partial charge in [0.1, 0.15) is 23.4 Å². The Morgan fingerprint density at radius 1 is 0.846 bits per heavy atom. The number of hydrogen-bond donors (Lipinski definition) is 4. The predicted molar refractivity (Wildman–Crippen MR) is 183 cm³/mol. The van der Waals surface area contributed by atoms with Crippen LogP contribution in [0.1, 0.15) is 24.0 Å². The number of hydrogen-bond acceptors (Lipinski definition) is 11. The van der Waals surface area contributed by atoms with Crippen LogP contribution >= 0.6 is 0 Å². The number of ether oxygens (including phenoxy) is 1. The number of imidazole rings is 1. The fourth-order valence-corrected chi connectivity index (χ4v) is 6.76. The highest BCUT2D eigenvalue weighted by molar-refractivity contribution is 7.91. The third kappa shape index (κ3) is 12.7. The van der Waals surface area contributed by atoms with Crippen molar-refractivity contribution in [2.45, 2.75) is 36.2 Å². The molecule has 4 N–H and O–H groups in total. The van der Waals surface area contributed by atoms with Crippen LogP contribution in [0.15, 0.2) is 90.5 Å². The lowest BCUT2D eigenvalue weighted by Crippen LogP contribution is -2.40. The first kappa shape index (κ1) is 40.4. The number of aromatic nitrogens is 4. The molecule has 2 aromatic heterocycles. The Kier molecular flexibility index (Phi) is 15.1. The molecule has 0 bridgehead atoms. The highest BCUT2D eigenvalue weighted by atomic mass is 32.2. The molecule has 0 radical (unpaired) electrons. The number of carboxylic acid groups (broad SMARTS) is 4. The Hall–Kier alpha value is -6.01. The van der Waals surface area contributed by atoms with E-state index in [1.54, 1.807) is 23.8 Å². The molecule has 1 fully saturated rings. The summed E-state index contributed by atoms with van der Waals surface area (Å²) in [5, 5.41) is 30.7. The van der Waals surface area contributed by atoms with Crippen LogP contribution < -0.4 is 4.74 Å². The molecule has 0 atom stereocenters. The lowest BCUT2D eigenvalue weighted by molar-refractivity contribution is -0.134. The number of sulfone groups is 1. The molecule has 18 heteroatoms. The number of benzene rings is 2. The molecule has 3 heterocycles. The Bertz CT molecular complexity index is 1940. The second kappa shape index (κ2) is 19.4. The topological polar surface area (TPSA) is 239 Å². The van der Waals surface area contributed by atoms with Crippen molar-refractivity contribution in [3.63, 3.8) is 0 Å². The van der Waals surface area contributed by atoms with E-state index in [0.29, 0.717) is 61.4 Å². The number of methoxy groups -OCH3 is 1. The zero-order chi connectivity index (χ0) is 38.3. The molecule has 5 rings (SSSR count). The molecule has 0 amide bonds. The van der Waals surface area contributed by atoms with E-state index in [9.17, 15) is 32.0 Å². The summed E-state index contributed by atoms with van der Waals surface area (Å²) in [6, 6.07) is 14.0. The second-order valence-electron chi connectivity index (χ2n) is 11.0. The Morgan fingerprint density at radius 2 is 1.37 bits per heavy atom. The van der Waals surface area contributed by atoms with Gasteiger partial charge in [0.05, 0.1) is 25.1 Å². The van der Waals surface area contributed by atoms with Crippen LogP contribution in [0.25, 0.3) is 11.2 Å². The van der Waals surface area contributed by atoms with Crippen molar-refractivity contribution in [2.75, 3.05) is 26.7 Å². The van der Waals surface area contributed by atoms with Gasteiger partial charge in [0.25, 0.3) is 0 Å². The van der Waals surface area contributed by atoms with E-state index in [0.717, 1.165) is 24.3 Å². The first-order chi connectivity index (χ1) is 24.7. The summed E-state index contributed by atoms with van der Waals surface area (Å²) in [4.78, 5) is 53.2. The summed E-state index contributed by atoms with van der Waals surface area (Å²) in [6.07, 6.45) is 7.10. The van der Waals surface area contributed by atoms with Crippen molar-refractivity contribution in [3.05, 3.63) is 102 Å². The third-order valence-electron chi connectivity index (χ3n) is 7.47. The van der Waals surface area contributed by atoms with Gasteiger partial charge in [0.15, 0.2) is 5.65 Å². The summed E-state index contributed by atoms with van der Waals surface area (Å²) in [5.41, 5.74) is 2.86. The summed E-state index contributed by atoms with van der Waals surface area (Å²) in [5.74, 6) is -4.54. The minimum Gasteiger partial charge on any atom is -0.497 e. The monoisotopic (exact) mass is 741 g/mol. The van der Waals surface area contributed by atoms with E-state index in [-0.39, 0.29) is 17.5 Å². The summed E-state index contributed by atoms with van der Waals surface area (Å²) in [7, 11) is -2.06. The number of aliphatic carboxylic acids is 4. The maximum Gasteiger partial charge on any atom is 0.328 e. The lowest BCUT2D eigenvalue weighted by Gasteiger charge is -2.31. The van der Waals surface area contributed by atoms with E-state index < -0.39 is 39.0 Å². The Labute approximate surface area is 297 Å². The van der Waals surface area contributed by atoms with E-state index in [2.05, 4.69) is 32.0 Å². The van der Waals surface area contributed by atoms with Gasteiger partial charge >= 0.3 is 23.9 Å². The van der Waals surface area contributed by atoms with Gasteiger partial charge in [0.2, 0.25) is 15.0 Å². The van der Waals surface area contributed by atoms with Crippen molar-refractivity contribution in [1.29, 1.82) is 0 Å². The SMILES string of the molecule is COc1ccc(CCN2CCC(S(=O)(=O)c3nc4cncnc4n3Cc3ccc(F)cc3)CC2)cc1.O=C(O)C=CC(=O)O.O=C(O)C=CC(=O)O. The Morgan fingerprint density at radius 3 is 1.87 bits per heavy atom. The molecule has 0 spiro atoms. The zero-order valence-corrected chi connectivity index (χ0v) is 28.6. The molecular weight excluding hydrogens is 705 g/mol. The summed E-state index contributed by atoms with van der Waals surface area (Å²) in [6.45, 7) is 2.51. The minimum absolute atomic E-state index is 0.000919. The van der Waals surface area contributed by atoms with E-state index in [4.69, 9.17) is 25.2 Å². The lowest BCUT2D eigenvalue weighted by atomic mass is 10.1. The van der Waals surface area contributed by atoms with Crippen molar-refractivity contribution in [1.82, 2.24) is 24.4 Å². The molecule has 16 nitrogen and oxygen atoms in total. The van der Waals surface area contributed by atoms with Crippen LogP contribution in [0.2, 0.25) is 0 Å². The number of carbonyl (C=O) groups is 4. The van der Waals surface area contributed by atoms with E-state index in [1.807, 2.05) is 12.1 Å². The first-order valence-electron chi connectivity index (χ1n) is 15.5. The van der Waals surface area contributed by atoms with Gasteiger partial charge in [-0.15, -0.1) is 0 Å². The van der Waals surface area contributed by atoms with Gasteiger partial charge in [-0.2, -0.15) is 0 Å². The largest absolute Gasteiger partial charge is 0.497 e. The van der Waals surface area contributed by atoms with E-state index in [1.165, 1.54) is 30.2 Å². The number of halogens is 1. The predicted octanol–water partition coefficient (Wildman–Crippen LogP) is 2.93. The number of piperidine rings is 1. The van der Waals surface area contributed by atoms with Crippen molar-refractivity contribution in [3.8, 4) is 5.75 Å². The standard InChI is InChI=1S/C26H28FN5O3S.2C4H4O4/c1-35-22-8-4-19(5-9-22)10-13-31-14-11-23(12-15-31)36(33,34)26-30-24-16-28-18-29-25(24)32(26)17-20-2-6-21(27)7-3-20;2*5-3(6)1-2-4(7)8/h2-9,16,18,23H,10-15,17H2,1H3;2*1-2H,(H,5,6)(H,7,8). The number of rotatable bonds is 12. The van der Waals surface area contributed by atoms with Crippen LogP contribution in [-0.2, 0) is 42.0 Å². The molecule has 1 aliphatic rings.